The molecule has 1 N–H and O–H groups in total. The fraction of sp³-hybridized carbons (Fsp3) is 0.0769. The van der Waals surface area contributed by atoms with Crippen LogP contribution in [0.4, 0.5) is 17.6 Å². The van der Waals surface area contributed by atoms with E-state index in [9.17, 15) is 22.7 Å². The molecule has 106 valence electrons. The summed E-state index contributed by atoms with van der Waals surface area (Å²) in [5, 5.41) is 9.76. The molecule has 20 heavy (non-hydrogen) atoms. The van der Waals surface area contributed by atoms with Crippen LogP contribution < -0.4 is 4.74 Å². The highest BCUT2D eigenvalue weighted by atomic mass is 35.5. The topological polar surface area (TPSA) is 29.5 Å². The molecule has 2 nitrogen and oxygen atoms in total. The van der Waals surface area contributed by atoms with E-state index in [-0.39, 0.29) is 16.1 Å². The average Bonchev–Trinajstić information content (AvgIpc) is 2.33. The van der Waals surface area contributed by atoms with Crippen molar-refractivity contribution in [2.24, 2.45) is 0 Å². The molecule has 0 heterocycles. The Balaban J connectivity index is 2.41. The van der Waals surface area contributed by atoms with Gasteiger partial charge in [0.1, 0.15) is 5.82 Å². The predicted molar refractivity (Wildman–Crippen MR) is 65.2 cm³/mol. The first-order valence-electron chi connectivity index (χ1n) is 5.30. The summed E-state index contributed by atoms with van der Waals surface area (Å²) in [7, 11) is 0. The molecule has 0 aliphatic rings. The summed E-state index contributed by atoms with van der Waals surface area (Å²) in [5.74, 6) is -2.12. The molecule has 0 bridgehead atoms. The second-order valence-electron chi connectivity index (χ2n) is 3.85. The lowest BCUT2D eigenvalue weighted by atomic mass is 10.0. The smallest absolute Gasteiger partial charge is 0.504 e. The Labute approximate surface area is 116 Å². The third-order valence-corrected chi connectivity index (χ3v) is 2.66. The van der Waals surface area contributed by atoms with Crippen molar-refractivity contribution in [3.05, 3.63) is 47.2 Å². The molecule has 0 unspecified atom stereocenters. The van der Waals surface area contributed by atoms with Crippen LogP contribution in [-0.4, -0.2) is 11.5 Å². The number of phenolic OH excluding ortho intramolecular Hbond substituents is 1. The normalized spacial score (nSPS) is 11.4. The van der Waals surface area contributed by atoms with Crippen molar-refractivity contribution in [3.8, 4) is 22.6 Å². The molecule has 0 spiro atoms. The van der Waals surface area contributed by atoms with Crippen LogP contribution in [-0.2, 0) is 0 Å². The van der Waals surface area contributed by atoms with Gasteiger partial charge in [0.05, 0.1) is 0 Å². The maximum absolute atomic E-state index is 13.6. The molecule has 0 aliphatic carbocycles. The van der Waals surface area contributed by atoms with Gasteiger partial charge in [0, 0.05) is 10.6 Å². The molecule has 2 aromatic carbocycles. The van der Waals surface area contributed by atoms with Gasteiger partial charge in [-0.1, -0.05) is 17.7 Å². The summed E-state index contributed by atoms with van der Waals surface area (Å²) in [6.45, 7) is 0. The number of rotatable bonds is 2. The summed E-state index contributed by atoms with van der Waals surface area (Å²) in [6.07, 6.45) is -4.92. The molecule has 0 radical (unpaired) electrons. The number of phenols is 1. The van der Waals surface area contributed by atoms with E-state index >= 15 is 0 Å². The van der Waals surface area contributed by atoms with E-state index in [4.69, 9.17) is 11.6 Å². The Bertz CT molecular complexity index is 641. The maximum atomic E-state index is 13.6. The zero-order valence-corrected chi connectivity index (χ0v) is 10.5. The van der Waals surface area contributed by atoms with Gasteiger partial charge in [-0.05, 0) is 35.9 Å². The minimum Gasteiger partial charge on any atom is -0.504 e. The van der Waals surface area contributed by atoms with Gasteiger partial charge < -0.3 is 9.84 Å². The average molecular weight is 307 g/mol. The first kappa shape index (κ1) is 14.5. The molecule has 0 saturated heterocycles. The zero-order valence-electron chi connectivity index (χ0n) is 9.71. The SMILES string of the molecule is Oc1cc(-c2cc(Cl)ccc2F)ccc1OC(F)(F)F. The Morgan fingerprint density at radius 2 is 1.75 bits per heavy atom. The van der Waals surface area contributed by atoms with Gasteiger partial charge in [0.2, 0.25) is 0 Å². The van der Waals surface area contributed by atoms with Crippen molar-refractivity contribution in [2.75, 3.05) is 0 Å². The van der Waals surface area contributed by atoms with E-state index in [1.54, 1.807) is 0 Å². The van der Waals surface area contributed by atoms with Crippen molar-refractivity contribution in [1.29, 1.82) is 0 Å². The van der Waals surface area contributed by atoms with E-state index in [2.05, 4.69) is 4.74 Å². The molecule has 2 aromatic rings. The van der Waals surface area contributed by atoms with Crippen LogP contribution in [0.2, 0.25) is 5.02 Å². The summed E-state index contributed by atoms with van der Waals surface area (Å²) in [6, 6.07) is 6.82. The lowest BCUT2D eigenvalue weighted by molar-refractivity contribution is -0.275. The molecule has 0 saturated carbocycles. The van der Waals surface area contributed by atoms with Crippen molar-refractivity contribution in [2.45, 2.75) is 6.36 Å². The standard InChI is InChI=1S/C13H7ClF4O2/c14-8-2-3-10(15)9(6-8)7-1-4-12(11(19)5-7)20-13(16,17)18/h1-6,19H. The van der Waals surface area contributed by atoms with Crippen LogP contribution in [0, 0.1) is 5.82 Å². The Kier molecular flexibility index (Phi) is 3.76. The fourth-order valence-corrected chi connectivity index (χ4v) is 1.79. The summed E-state index contributed by atoms with van der Waals surface area (Å²) in [5.41, 5.74) is 0.239. The van der Waals surface area contributed by atoms with Gasteiger partial charge in [0.15, 0.2) is 11.5 Å². The first-order valence-corrected chi connectivity index (χ1v) is 5.68. The highest BCUT2D eigenvalue weighted by Crippen LogP contribution is 2.36. The summed E-state index contributed by atoms with van der Waals surface area (Å²) >= 11 is 5.72. The first-order chi connectivity index (χ1) is 9.26. The molecule has 0 aromatic heterocycles. The van der Waals surface area contributed by atoms with Gasteiger partial charge in [-0.15, -0.1) is 13.2 Å². The van der Waals surface area contributed by atoms with Gasteiger partial charge in [0.25, 0.3) is 0 Å². The number of hydrogen-bond donors (Lipinski definition) is 1. The lowest BCUT2D eigenvalue weighted by Gasteiger charge is -2.11. The number of benzene rings is 2. The van der Waals surface area contributed by atoms with Gasteiger partial charge in [-0.2, -0.15) is 0 Å². The second-order valence-corrected chi connectivity index (χ2v) is 4.29. The van der Waals surface area contributed by atoms with Gasteiger partial charge >= 0.3 is 6.36 Å². The molecule has 0 aliphatic heterocycles. The van der Waals surface area contributed by atoms with Crippen LogP contribution in [0.5, 0.6) is 11.5 Å². The van der Waals surface area contributed by atoms with Crippen LogP contribution in [0.3, 0.4) is 0 Å². The minimum atomic E-state index is -4.92. The Morgan fingerprint density at radius 3 is 2.35 bits per heavy atom. The second kappa shape index (κ2) is 5.20. The van der Waals surface area contributed by atoms with E-state index < -0.39 is 23.7 Å². The van der Waals surface area contributed by atoms with Gasteiger partial charge in [-0.25, -0.2) is 4.39 Å². The van der Waals surface area contributed by atoms with Crippen molar-refractivity contribution in [1.82, 2.24) is 0 Å². The van der Waals surface area contributed by atoms with E-state index in [1.807, 2.05) is 0 Å². The number of halogens is 5. The van der Waals surface area contributed by atoms with E-state index in [0.29, 0.717) is 0 Å². The van der Waals surface area contributed by atoms with E-state index in [0.717, 1.165) is 18.2 Å². The Hall–Kier alpha value is -1.95. The number of alkyl halides is 3. The molecule has 2 rings (SSSR count). The molecule has 0 atom stereocenters. The maximum Gasteiger partial charge on any atom is 0.573 e. The third kappa shape index (κ3) is 3.33. The molecule has 7 heteroatoms. The summed E-state index contributed by atoms with van der Waals surface area (Å²) in [4.78, 5) is 0. The summed E-state index contributed by atoms with van der Waals surface area (Å²) < 4.78 is 53.4. The van der Waals surface area contributed by atoms with Crippen molar-refractivity contribution >= 4 is 11.6 Å². The molecule has 0 amide bonds. The number of hydrogen-bond acceptors (Lipinski definition) is 2. The third-order valence-electron chi connectivity index (χ3n) is 2.42. The molecular weight excluding hydrogens is 300 g/mol. The largest absolute Gasteiger partial charge is 0.573 e. The van der Waals surface area contributed by atoms with Gasteiger partial charge in [-0.3, -0.25) is 0 Å². The van der Waals surface area contributed by atoms with Crippen LogP contribution in [0.25, 0.3) is 11.1 Å². The molecule has 0 fully saturated rings. The highest BCUT2D eigenvalue weighted by Gasteiger charge is 2.32. The predicted octanol–water partition coefficient (Wildman–Crippen LogP) is 4.75. The number of aromatic hydroxyl groups is 1. The van der Waals surface area contributed by atoms with E-state index in [1.165, 1.54) is 18.2 Å². The minimum absolute atomic E-state index is 0.0614. The van der Waals surface area contributed by atoms with Crippen LogP contribution in [0.1, 0.15) is 0 Å². The monoisotopic (exact) mass is 306 g/mol. The lowest BCUT2D eigenvalue weighted by Crippen LogP contribution is -2.17. The molecular formula is C13H7ClF4O2. The van der Waals surface area contributed by atoms with Crippen molar-refractivity contribution in [3.63, 3.8) is 0 Å². The van der Waals surface area contributed by atoms with Crippen LogP contribution >= 0.6 is 11.6 Å². The van der Waals surface area contributed by atoms with Crippen LogP contribution in [0.15, 0.2) is 36.4 Å². The zero-order chi connectivity index (χ0) is 14.9. The highest BCUT2D eigenvalue weighted by molar-refractivity contribution is 6.30. The van der Waals surface area contributed by atoms with Crippen molar-refractivity contribution < 1.29 is 27.4 Å². The fourth-order valence-electron chi connectivity index (χ4n) is 1.61. The Morgan fingerprint density at radius 1 is 1.05 bits per heavy atom. The quantitative estimate of drug-likeness (QED) is 0.811. The number of ether oxygens (including phenoxy) is 1.